The molecule has 0 saturated heterocycles. The minimum absolute atomic E-state index is 0.221. The number of carbonyl (C=O) groups is 2. The second-order valence-electron chi connectivity index (χ2n) is 0.843. The summed E-state index contributed by atoms with van der Waals surface area (Å²) in [6.45, 7) is -0.640. The number of aliphatic hydroxyl groups excluding tert-OH is 1. The molecular formula is C3H5NO3. The molecule has 2 amide bonds. The normalized spacial score (nSPS) is 7.57. The molecule has 2 N–H and O–H groups in total. The van der Waals surface area contributed by atoms with Crippen LogP contribution < -0.4 is 5.32 Å². The molecule has 0 aliphatic carbocycles. The molecule has 0 radical (unpaired) electrons. The fraction of sp³-hybridized carbons (Fsp3) is 0.333. The second kappa shape index (κ2) is 3.30. The van der Waals surface area contributed by atoms with Gasteiger partial charge in [0.1, 0.15) is 6.61 Å². The van der Waals surface area contributed by atoms with Gasteiger partial charge in [-0.1, -0.05) is 0 Å². The molecular weight excluding hydrogens is 98.0 g/mol. The first-order valence-corrected chi connectivity index (χ1v) is 1.65. The fourth-order valence-electron chi connectivity index (χ4n) is 0.111. The zero-order valence-corrected chi connectivity index (χ0v) is 3.55. The van der Waals surface area contributed by atoms with Crippen LogP contribution in [0.2, 0.25) is 0 Å². The summed E-state index contributed by atoms with van der Waals surface area (Å²) in [5, 5.41) is 9.62. The summed E-state index contributed by atoms with van der Waals surface area (Å²) in [5.74, 6) is -0.685. The molecule has 0 bridgehead atoms. The van der Waals surface area contributed by atoms with Gasteiger partial charge in [-0.25, -0.2) is 0 Å². The van der Waals surface area contributed by atoms with Gasteiger partial charge in [-0.3, -0.25) is 14.9 Å². The molecule has 0 saturated carbocycles. The molecule has 0 aromatic rings. The number of hydrogen-bond donors (Lipinski definition) is 2. The van der Waals surface area contributed by atoms with E-state index in [2.05, 4.69) is 0 Å². The summed E-state index contributed by atoms with van der Waals surface area (Å²) in [4.78, 5) is 19.2. The second-order valence-corrected chi connectivity index (χ2v) is 0.843. The smallest absolute Gasteiger partial charge is 0.252 e. The molecule has 0 atom stereocenters. The topological polar surface area (TPSA) is 66.4 Å². The average molecular weight is 103 g/mol. The number of amides is 2. The van der Waals surface area contributed by atoms with E-state index in [4.69, 9.17) is 5.11 Å². The van der Waals surface area contributed by atoms with Crippen LogP contribution >= 0.6 is 0 Å². The molecule has 0 heterocycles. The quantitative estimate of drug-likeness (QED) is 0.407. The Kier molecular flexibility index (Phi) is 2.87. The van der Waals surface area contributed by atoms with E-state index in [0.717, 1.165) is 0 Å². The highest BCUT2D eigenvalue weighted by Gasteiger charge is 1.90. The summed E-state index contributed by atoms with van der Waals surface area (Å²) < 4.78 is 0. The number of nitrogens with one attached hydrogen (secondary N) is 1. The van der Waals surface area contributed by atoms with Gasteiger partial charge in [-0.2, -0.15) is 0 Å². The first-order chi connectivity index (χ1) is 3.31. The predicted octanol–water partition coefficient (Wildman–Crippen LogP) is -1.75. The van der Waals surface area contributed by atoms with Gasteiger partial charge in [0.05, 0.1) is 0 Å². The summed E-state index contributed by atoms with van der Waals surface area (Å²) in [7, 11) is 0. The monoisotopic (exact) mass is 103 g/mol. The number of imide groups is 1. The van der Waals surface area contributed by atoms with E-state index in [1.807, 2.05) is 0 Å². The maximum atomic E-state index is 9.82. The Balaban J connectivity index is 3.17. The average Bonchev–Trinajstić information content (AvgIpc) is 1.68. The van der Waals surface area contributed by atoms with Crippen LogP contribution in [0.25, 0.3) is 0 Å². The highest BCUT2D eigenvalue weighted by molar-refractivity contribution is 5.86. The Labute approximate surface area is 40.1 Å². The highest BCUT2D eigenvalue weighted by Crippen LogP contribution is 1.52. The molecule has 0 aliphatic rings. The third-order valence-electron chi connectivity index (χ3n) is 0.364. The van der Waals surface area contributed by atoms with E-state index in [0.29, 0.717) is 0 Å². The van der Waals surface area contributed by atoms with E-state index in [-0.39, 0.29) is 6.41 Å². The molecule has 0 rings (SSSR count). The molecule has 0 aromatic heterocycles. The molecule has 0 aromatic carbocycles. The van der Waals surface area contributed by atoms with E-state index in [1.165, 1.54) is 0 Å². The lowest BCUT2D eigenvalue weighted by Gasteiger charge is -1.85. The lowest BCUT2D eigenvalue weighted by Crippen LogP contribution is -2.23. The van der Waals surface area contributed by atoms with Crippen molar-refractivity contribution in [2.75, 3.05) is 6.61 Å². The van der Waals surface area contributed by atoms with Gasteiger partial charge in [0, 0.05) is 0 Å². The molecule has 4 nitrogen and oxygen atoms in total. The largest absolute Gasteiger partial charge is 0.387 e. The molecule has 7 heavy (non-hydrogen) atoms. The van der Waals surface area contributed by atoms with E-state index < -0.39 is 12.5 Å². The third-order valence-corrected chi connectivity index (χ3v) is 0.364. The SMILES string of the molecule is O=CNC(=O)CO. The Morgan fingerprint density at radius 3 is 2.57 bits per heavy atom. The molecule has 0 fully saturated rings. The van der Waals surface area contributed by atoms with Crippen LogP contribution in [0.3, 0.4) is 0 Å². The van der Waals surface area contributed by atoms with Crippen molar-refractivity contribution in [1.82, 2.24) is 5.32 Å². The maximum absolute atomic E-state index is 9.82. The molecule has 40 valence electrons. The first-order valence-electron chi connectivity index (χ1n) is 1.65. The summed E-state index contributed by atoms with van der Waals surface area (Å²) >= 11 is 0. The van der Waals surface area contributed by atoms with Crippen molar-refractivity contribution < 1.29 is 14.7 Å². The van der Waals surface area contributed by atoms with Crippen LogP contribution in [0.5, 0.6) is 0 Å². The Bertz CT molecular complexity index is 80.2. The van der Waals surface area contributed by atoms with Crippen LogP contribution in [0, 0.1) is 0 Å². The van der Waals surface area contributed by atoms with Gasteiger partial charge in [0.15, 0.2) is 0 Å². The molecule has 0 spiro atoms. The minimum atomic E-state index is -0.685. The minimum Gasteiger partial charge on any atom is -0.387 e. The van der Waals surface area contributed by atoms with Gasteiger partial charge in [0.25, 0.3) is 5.91 Å². The van der Waals surface area contributed by atoms with Crippen LogP contribution in [0.15, 0.2) is 0 Å². The summed E-state index contributed by atoms with van der Waals surface area (Å²) in [5.41, 5.74) is 0. The highest BCUT2D eigenvalue weighted by atomic mass is 16.3. The van der Waals surface area contributed by atoms with Crippen LogP contribution in [0.1, 0.15) is 0 Å². The van der Waals surface area contributed by atoms with Gasteiger partial charge >= 0.3 is 0 Å². The van der Waals surface area contributed by atoms with Crippen LogP contribution in [-0.2, 0) is 9.59 Å². The van der Waals surface area contributed by atoms with Crippen LogP contribution in [-0.4, -0.2) is 24.0 Å². The zero-order chi connectivity index (χ0) is 5.70. The van der Waals surface area contributed by atoms with Crippen molar-refractivity contribution in [3.8, 4) is 0 Å². The predicted molar refractivity (Wildman–Crippen MR) is 21.3 cm³/mol. The molecule has 0 unspecified atom stereocenters. The lowest BCUT2D eigenvalue weighted by atomic mass is 10.7. The number of hydrogen-bond acceptors (Lipinski definition) is 3. The molecule has 0 aliphatic heterocycles. The third kappa shape index (κ3) is 2.92. The summed E-state index contributed by atoms with van der Waals surface area (Å²) in [6.07, 6.45) is 0.221. The standard InChI is InChI=1S/C3H5NO3/c5-1-3(7)4-2-6/h2,5H,1H2,(H,4,6,7). The van der Waals surface area contributed by atoms with Crippen molar-refractivity contribution in [1.29, 1.82) is 0 Å². The number of rotatable bonds is 2. The van der Waals surface area contributed by atoms with Gasteiger partial charge in [0.2, 0.25) is 6.41 Å². The number of aliphatic hydroxyl groups is 1. The Morgan fingerprint density at radius 1 is 1.86 bits per heavy atom. The first kappa shape index (κ1) is 6.10. The van der Waals surface area contributed by atoms with Gasteiger partial charge < -0.3 is 5.11 Å². The van der Waals surface area contributed by atoms with E-state index in [1.54, 1.807) is 5.32 Å². The van der Waals surface area contributed by atoms with E-state index in [9.17, 15) is 9.59 Å². The van der Waals surface area contributed by atoms with Crippen molar-refractivity contribution in [3.05, 3.63) is 0 Å². The van der Waals surface area contributed by atoms with Crippen molar-refractivity contribution in [3.63, 3.8) is 0 Å². The summed E-state index contributed by atoms with van der Waals surface area (Å²) in [6, 6.07) is 0. The Hall–Kier alpha value is -0.900. The van der Waals surface area contributed by atoms with Crippen molar-refractivity contribution >= 4 is 12.3 Å². The lowest BCUT2D eigenvalue weighted by molar-refractivity contribution is -0.127. The fourth-order valence-corrected chi connectivity index (χ4v) is 0.111. The number of carbonyl (C=O) groups excluding carboxylic acids is 2. The van der Waals surface area contributed by atoms with Gasteiger partial charge in [-0.15, -0.1) is 0 Å². The molecule has 4 heteroatoms. The van der Waals surface area contributed by atoms with Crippen molar-refractivity contribution in [2.45, 2.75) is 0 Å². The van der Waals surface area contributed by atoms with Gasteiger partial charge in [-0.05, 0) is 0 Å². The van der Waals surface area contributed by atoms with Crippen molar-refractivity contribution in [2.24, 2.45) is 0 Å². The Morgan fingerprint density at radius 2 is 2.43 bits per heavy atom. The van der Waals surface area contributed by atoms with Crippen LogP contribution in [0.4, 0.5) is 0 Å². The zero-order valence-electron chi connectivity index (χ0n) is 3.55. The maximum Gasteiger partial charge on any atom is 0.252 e. The van der Waals surface area contributed by atoms with E-state index >= 15 is 0 Å².